The van der Waals surface area contributed by atoms with Crippen molar-refractivity contribution in [2.75, 3.05) is 23.9 Å². The summed E-state index contributed by atoms with van der Waals surface area (Å²) in [4.78, 5) is 35.1. The molecule has 6 rings (SSSR count). The summed E-state index contributed by atoms with van der Waals surface area (Å²) in [5, 5.41) is 11.5. The smallest absolute Gasteiger partial charge is 0.224 e. The van der Waals surface area contributed by atoms with Gasteiger partial charge in [0.15, 0.2) is 0 Å². The molecule has 2 fully saturated rings. The van der Waals surface area contributed by atoms with Crippen molar-refractivity contribution < 1.29 is 14.3 Å². The van der Waals surface area contributed by atoms with Crippen molar-refractivity contribution in [2.45, 2.75) is 81.3 Å². The number of hydrogen-bond acceptors (Lipinski definition) is 11. The molecule has 15 heteroatoms. The molecule has 6 N–H and O–H groups in total. The van der Waals surface area contributed by atoms with Gasteiger partial charge in [-0.3, -0.25) is 9.59 Å². The van der Waals surface area contributed by atoms with Gasteiger partial charge in [-0.05, 0) is 97.3 Å². The standard InChI is InChI=1S/C20H25N3O2S3.C20H25N3OS3/c1-25-17-9-8-14(22-20(21)18-6-4-11-26-18)13-16(17)23-19(24)7-3-2-5-15-10-12-27-28-15;21-20(18-5-3-12-25-18)23-16-9-7-15(8-10-16)14-22-19(24)6-2-1-4-17-11-13-26-27-17/h4,6,8-9,11,13,15H,2-3,5,7,10,12H2,1H3,(H2,21,22)(H,23,24);3,5,7-10,12,17H,1-2,4,6,11,13-14H2,(H2,21,23)(H,22,24). The third-order valence-corrected chi connectivity index (χ3v) is 16.5. The summed E-state index contributed by atoms with van der Waals surface area (Å²) in [5.41, 5.74) is 15.3. The van der Waals surface area contributed by atoms with Crippen LogP contribution in [0.25, 0.3) is 0 Å². The molecular formula is C40H50N6O3S6. The number of benzene rings is 2. The average Bonchev–Trinajstić information content (AvgIpc) is 4.04. The Labute approximate surface area is 348 Å². The minimum absolute atomic E-state index is 0.000826. The number of hydrogen-bond donors (Lipinski definition) is 4. The Hall–Kier alpha value is -3.08. The third kappa shape index (κ3) is 15.4. The van der Waals surface area contributed by atoms with E-state index in [0.29, 0.717) is 48.2 Å². The summed E-state index contributed by atoms with van der Waals surface area (Å²) in [6, 6.07) is 21.0. The molecule has 2 aliphatic rings. The Morgan fingerprint density at radius 1 is 0.745 bits per heavy atom. The van der Waals surface area contributed by atoms with E-state index in [1.54, 1.807) is 30.6 Å². The Morgan fingerprint density at radius 2 is 1.31 bits per heavy atom. The first kappa shape index (κ1) is 43.1. The molecule has 2 saturated heterocycles. The van der Waals surface area contributed by atoms with Gasteiger partial charge in [-0.1, -0.05) is 80.3 Å². The number of unbranched alkanes of at least 4 members (excludes halogenated alkanes) is 2. The highest BCUT2D eigenvalue weighted by Gasteiger charge is 2.17. The van der Waals surface area contributed by atoms with Gasteiger partial charge in [0.05, 0.1) is 33.9 Å². The lowest BCUT2D eigenvalue weighted by Gasteiger charge is -2.11. The SMILES string of the molecule is COc1ccc(N=C(N)c2cccs2)cc1NC(=O)CCCCC1CCSS1.NC(=Nc1ccc(CNC(=O)CCCCC2CCSS2)cc1)c1cccs1. The maximum Gasteiger partial charge on any atom is 0.224 e. The molecule has 4 aromatic rings. The lowest BCUT2D eigenvalue weighted by molar-refractivity contribution is -0.121. The molecule has 4 heterocycles. The van der Waals surface area contributed by atoms with E-state index < -0.39 is 0 Å². The van der Waals surface area contributed by atoms with Gasteiger partial charge in [0.1, 0.15) is 17.4 Å². The topological polar surface area (TPSA) is 144 Å². The van der Waals surface area contributed by atoms with Crippen molar-refractivity contribution in [3.05, 3.63) is 92.8 Å². The molecule has 2 unspecified atom stereocenters. The highest BCUT2D eigenvalue weighted by Crippen LogP contribution is 2.40. The Balaban J connectivity index is 0.000000211. The van der Waals surface area contributed by atoms with Crippen LogP contribution < -0.4 is 26.8 Å². The second-order valence-electron chi connectivity index (χ2n) is 13.0. The number of carbonyl (C=O) groups is 2. The predicted molar refractivity (Wildman–Crippen MR) is 243 cm³/mol. The average molecular weight is 855 g/mol. The number of methoxy groups -OCH3 is 1. The van der Waals surface area contributed by atoms with Crippen LogP contribution in [0, 0.1) is 0 Å². The molecule has 0 aliphatic carbocycles. The van der Waals surface area contributed by atoms with Crippen molar-refractivity contribution in [3.8, 4) is 5.75 Å². The van der Waals surface area contributed by atoms with Crippen molar-refractivity contribution in [1.29, 1.82) is 0 Å². The van der Waals surface area contributed by atoms with Gasteiger partial charge in [0.25, 0.3) is 0 Å². The number of amidine groups is 2. The van der Waals surface area contributed by atoms with Gasteiger partial charge in [0.2, 0.25) is 11.8 Å². The van der Waals surface area contributed by atoms with Crippen LogP contribution in [-0.2, 0) is 16.1 Å². The normalized spacial score (nSPS) is 17.0. The van der Waals surface area contributed by atoms with E-state index in [2.05, 4.69) is 20.6 Å². The van der Waals surface area contributed by atoms with Crippen LogP contribution >= 0.6 is 65.8 Å². The first-order valence-corrected chi connectivity index (χ1v) is 25.0. The number of rotatable bonds is 18. The van der Waals surface area contributed by atoms with E-state index >= 15 is 0 Å². The summed E-state index contributed by atoms with van der Waals surface area (Å²) >= 11 is 3.11. The zero-order valence-electron chi connectivity index (χ0n) is 31.1. The molecule has 2 atom stereocenters. The fourth-order valence-electron chi connectivity index (χ4n) is 5.73. The maximum atomic E-state index is 12.4. The van der Waals surface area contributed by atoms with Crippen molar-refractivity contribution >= 4 is 106 Å². The molecule has 0 spiro atoms. The van der Waals surface area contributed by atoms with Crippen LogP contribution in [0.5, 0.6) is 5.75 Å². The molecule has 2 amide bonds. The van der Waals surface area contributed by atoms with E-state index in [0.717, 1.165) is 57.2 Å². The number of carbonyl (C=O) groups excluding carboxylic acids is 2. The number of nitrogens with zero attached hydrogens (tertiary/aromatic N) is 2. The minimum Gasteiger partial charge on any atom is -0.495 e. The van der Waals surface area contributed by atoms with Crippen LogP contribution in [0.15, 0.2) is 87.5 Å². The molecule has 2 aromatic heterocycles. The minimum atomic E-state index is -0.000826. The summed E-state index contributed by atoms with van der Waals surface area (Å²) in [6.45, 7) is 0.554. The number of amides is 2. The van der Waals surface area contributed by atoms with Crippen molar-refractivity contribution in [2.24, 2.45) is 21.5 Å². The largest absolute Gasteiger partial charge is 0.495 e. The van der Waals surface area contributed by atoms with Crippen LogP contribution in [0.3, 0.4) is 0 Å². The van der Waals surface area contributed by atoms with E-state index in [9.17, 15) is 9.59 Å². The van der Waals surface area contributed by atoms with Gasteiger partial charge in [-0.15, -0.1) is 22.7 Å². The first-order chi connectivity index (χ1) is 26.9. The van der Waals surface area contributed by atoms with Gasteiger partial charge in [-0.2, -0.15) is 0 Å². The second kappa shape index (κ2) is 23.9. The van der Waals surface area contributed by atoms with E-state index in [4.69, 9.17) is 16.2 Å². The lowest BCUT2D eigenvalue weighted by Crippen LogP contribution is -2.22. The number of anilines is 1. The second-order valence-corrected chi connectivity index (χ2v) is 20.4. The quantitative estimate of drug-likeness (QED) is 0.0333. The van der Waals surface area contributed by atoms with Crippen LogP contribution in [0.1, 0.15) is 79.5 Å². The zero-order chi connectivity index (χ0) is 38.7. The van der Waals surface area contributed by atoms with Gasteiger partial charge in [0, 0.05) is 41.4 Å². The summed E-state index contributed by atoms with van der Waals surface area (Å²) < 4.78 is 5.37. The van der Waals surface area contributed by atoms with Crippen LogP contribution in [0.4, 0.5) is 17.1 Å². The Bertz CT molecular complexity index is 1810. The first-order valence-electron chi connectivity index (χ1n) is 18.5. The molecule has 0 radical (unpaired) electrons. The van der Waals surface area contributed by atoms with E-state index in [1.165, 1.54) is 48.5 Å². The summed E-state index contributed by atoms with van der Waals surface area (Å²) in [6.07, 6.45) is 10.3. The molecule has 55 heavy (non-hydrogen) atoms. The highest BCUT2D eigenvalue weighted by atomic mass is 33.1. The Kier molecular flexibility index (Phi) is 18.7. The third-order valence-electron chi connectivity index (χ3n) is 8.74. The number of nitrogens with one attached hydrogen (secondary N) is 2. The monoisotopic (exact) mass is 854 g/mol. The molecule has 9 nitrogen and oxygen atoms in total. The molecule has 2 aliphatic heterocycles. The van der Waals surface area contributed by atoms with Gasteiger partial charge < -0.3 is 26.8 Å². The Morgan fingerprint density at radius 3 is 1.84 bits per heavy atom. The molecule has 0 saturated carbocycles. The van der Waals surface area contributed by atoms with Gasteiger partial charge >= 0.3 is 0 Å². The van der Waals surface area contributed by atoms with E-state index in [1.807, 2.05) is 109 Å². The number of aliphatic imine (C=N–C) groups is 2. The number of nitrogens with two attached hydrogens (primary N) is 2. The zero-order valence-corrected chi connectivity index (χ0v) is 36.0. The fourth-order valence-corrected chi connectivity index (χ4v) is 13.0. The maximum absolute atomic E-state index is 12.4. The van der Waals surface area contributed by atoms with Crippen LogP contribution in [-0.4, -0.2) is 52.6 Å². The van der Waals surface area contributed by atoms with Crippen molar-refractivity contribution in [3.63, 3.8) is 0 Å². The van der Waals surface area contributed by atoms with Gasteiger partial charge in [-0.25, -0.2) is 9.98 Å². The van der Waals surface area contributed by atoms with Crippen molar-refractivity contribution in [1.82, 2.24) is 5.32 Å². The molecular weight excluding hydrogens is 805 g/mol. The lowest BCUT2D eigenvalue weighted by atomic mass is 10.1. The number of thiophene rings is 2. The predicted octanol–water partition coefficient (Wildman–Crippen LogP) is 10.6. The molecule has 2 aromatic carbocycles. The molecule has 294 valence electrons. The summed E-state index contributed by atoms with van der Waals surface area (Å²) in [5.74, 6) is 4.26. The number of ether oxygens (including phenoxy) is 1. The van der Waals surface area contributed by atoms with E-state index in [-0.39, 0.29) is 11.8 Å². The van der Waals surface area contributed by atoms with Crippen LogP contribution in [0.2, 0.25) is 0 Å². The highest BCUT2D eigenvalue weighted by molar-refractivity contribution is 8.77. The summed E-state index contributed by atoms with van der Waals surface area (Å²) in [7, 11) is 9.53. The molecule has 0 bridgehead atoms. The fraction of sp³-hybridized carbons (Fsp3) is 0.400.